The third-order valence-corrected chi connectivity index (χ3v) is 2.83. The summed E-state index contributed by atoms with van der Waals surface area (Å²) in [7, 11) is 0. The predicted molar refractivity (Wildman–Crippen MR) is 73.9 cm³/mol. The molecule has 0 heterocycles. The van der Waals surface area contributed by atoms with Gasteiger partial charge in [-0.3, -0.25) is 4.79 Å². The van der Waals surface area contributed by atoms with Gasteiger partial charge in [0.15, 0.2) is 0 Å². The lowest BCUT2D eigenvalue weighted by Crippen LogP contribution is -2.40. The van der Waals surface area contributed by atoms with Crippen molar-refractivity contribution in [1.82, 2.24) is 5.32 Å². The topological polar surface area (TPSA) is 145 Å². The Bertz CT molecular complexity index is 337. The molecule has 0 bridgehead atoms. The molecule has 0 aromatic carbocycles. The maximum atomic E-state index is 11.6. The van der Waals surface area contributed by atoms with E-state index < -0.39 is 17.1 Å². The lowest BCUT2D eigenvalue weighted by Gasteiger charge is -2.14. The summed E-state index contributed by atoms with van der Waals surface area (Å²) >= 11 is 0. The number of nitrogens with two attached hydrogens (primary N) is 1. The molecule has 122 valence electrons. The zero-order valence-electron chi connectivity index (χ0n) is 12.0. The zero-order valence-corrected chi connectivity index (χ0v) is 12.0. The van der Waals surface area contributed by atoms with Crippen LogP contribution in [-0.4, -0.2) is 41.3 Å². The number of hydrogen-bond donors (Lipinski definition) is 3. The second-order valence-corrected chi connectivity index (χ2v) is 4.61. The van der Waals surface area contributed by atoms with Gasteiger partial charge in [0.2, 0.25) is 5.91 Å². The van der Waals surface area contributed by atoms with E-state index in [9.17, 15) is 19.7 Å². The van der Waals surface area contributed by atoms with E-state index >= 15 is 0 Å². The quantitative estimate of drug-likeness (QED) is 0.254. The van der Waals surface area contributed by atoms with Gasteiger partial charge in [-0.1, -0.05) is 6.42 Å². The Morgan fingerprint density at radius 1 is 1.24 bits per heavy atom. The molecule has 0 radical (unpaired) electrons. The molecular formula is C12H23N3O6. The Kier molecular flexibility index (Phi) is 10.8. The Labute approximate surface area is 122 Å². The third kappa shape index (κ3) is 11.6. The normalized spacial score (nSPS) is 11.7. The van der Waals surface area contributed by atoms with Gasteiger partial charge in [0.05, 0.1) is 6.61 Å². The van der Waals surface area contributed by atoms with Crippen LogP contribution in [0, 0.1) is 10.1 Å². The van der Waals surface area contributed by atoms with Crippen LogP contribution in [0.5, 0.6) is 0 Å². The summed E-state index contributed by atoms with van der Waals surface area (Å²) in [6, 6.07) is -0.887. The lowest BCUT2D eigenvalue weighted by molar-refractivity contribution is -0.757. The fraction of sp³-hybridized carbons (Fsp3) is 0.833. The zero-order chi connectivity index (χ0) is 16.1. The Morgan fingerprint density at radius 2 is 1.95 bits per heavy atom. The second-order valence-electron chi connectivity index (χ2n) is 4.61. The Balaban J connectivity index is 3.77. The first-order chi connectivity index (χ1) is 9.97. The summed E-state index contributed by atoms with van der Waals surface area (Å²) in [6.45, 7) is 0.498. The molecule has 0 saturated carbocycles. The highest BCUT2D eigenvalue weighted by atomic mass is 16.9. The molecule has 4 N–H and O–H groups in total. The Morgan fingerprint density at radius 3 is 2.52 bits per heavy atom. The maximum Gasteiger partial charge on any atom is 0.326 e. The average Bonchev–Trinajstić information content (AvgIpc) is 2.41. The number of carbonyl (C=O) groups is 2. The van der Waals surface area contributed by atoms with E-state index in [0.717, 1.165) is 6.42 Å². The minimum Gasteiger partial charge on any atom is -0.480 e. The fourth-order valence-corrected chi connectivity index (χ4v) is 1.72. The number of rotatable bonds is 13. The third-order valence-electron chi connectivity index (χ3n) is 2.83. The Hall–Kier alpha value is -1.90. The molecule has 1 unspecified atom stereocenters. The molecule has 1 amide bonds. The van der Waals surface area contributed by atoms with Gasteiger partial charge in [-0.15, -0.1) is 10.1 Å². The molecule has 0 aromatic rings. The fourth-order valence-electron chi connectivity index (χ4n) is 1.72. The molecule has 9 heteroatoms. The van der Waals surface area contributed by atoms with Gasteiger partial charge < -0.3 is 21.0 Å². The van der Waals surface area contributed by atoms with Crippen LogP contribution >= 0.6 is 0 Å². The van der Waals surface area contributed by atoms with Crippen molar-refractivity contribution in [2.45, 2.75) is 51.0 Å². The van der Waals surface area contributed by atoms with Crippen molar-refractivity contribution in [3.63, 3.8) is 0 Å². The lowest BCUT2D eigenvalue weighted by atomic mass is 10.1. The van der Waals surface area contributed by atoms with Crippen LogP contribution in [0.3, 0.4) is 0 Å². The molecule has 0 aliphatic rings. The molecule has 9 nitrogen and oxygen atoms in total. The SMILES string of the molecule is NCCCCC(NC(=O)CCCCCO[N+](=O)[O-])C(=O)O. The van der Waals surface area contributed by atoms with E-state index in [1.54, 1.807) is 0 Å². The van der Waals surface area contributed by atoms with Crippen molar-refractivity contribution in [2.24, 2.45) is 5.73 Å². The van der Waals surface area contributed by atoms with Gasteiger partial charge in [-0.25, -0.2) is 4.79 Å². The molecule has 0 aromatic heterocycles. The number of unbranched alkanes of at least 4 members (excludes halogenated alkanes) is 3. The highest BCUT2D eigenvalue weighted by molar-refractivity contribution is 5.83. The number of nitrogens with one attached hydrogen (secondary N) is 1. The van der Waals surface area contributed by atoms with Gasteiger partial charge in [0.25, 0.3) is 5.09 Å². The molecule has 0 fully saturated rings. The molecule has 0 aliphatic carbocycles. The number of carboxylic acids is 1. The first-order valence-corrected chi connectivity index (χ1v) is 6.97. The summed E-state index contributed by atoms with van der Waals surface area (Å²) < 4.78 is 0. The number of aliphatic carboxylic acids is 1. The molecule has 0 spiro atoms. The van der Waals surface area contributed by atoms with E-state index in [4.69, 9.17) is 10.8 Å². The van der Waals surface area contributed by atoms with E-state index in [1.807, 2.05) is 0 Å². The van der Waals surface area contributed by atoms with Crippen LogP contribution in [-0.2, 0) is 14.4 Å². The van der Waals surface area contributed by atoms with Crippen molar-refractivity contribution < 1.29 is 24.6 Å². The van der Waals surface area contributed by atoms with E-state index in [2.05, 4.69) is 10.2 Å². The van der Waals surface area contributed by atoms with Crippen molar-refractivity contribution >= 4 is 11.9 Å². The number of carboxylic acid groups (broad SMARTS) is 1. The van der Waals surface area contributed by atoms with Gasteiger partial charge in [-0.05, 0) is 38.6 Å². The van der Waals surface area contributed by atoms with Gasteiger partial charge in [0.1, 0.15) is 6.04 Å². The monoisotopic (exact) mass is 305 g/mol. The second kappa shape index (κ2) is 11.9. The standard InChI is InChI=1S/C12H23N3O6/c13-8-4-3-6-10(12(17)18)14-11(16)7-2-1-5-9-21-15(19)20/h10H,1-9,13H2,(H,14,16)(H,17,18). The maximum absolute atomic E-state index is 11.6. The van der Waals surface area contributed by atoms with E-state index in [-0.39, 0.29) is 18.9 Å². The smallest absolute Gasteiger partial charge is 0.326 e. The van der Waals surface area contributed by atoms with Crippen LogP contribution in [0.1, 0.15) is 44.9 Å². The van der Waals surface area contributed by atoms with Gasteiger partial charge >= 0.3 is 5.97 Å². The van der Waals surface area contributed by atoms with E-state index in [0.29, 0.717) is 38.6 Å². The molecule has 0 aliphatic heterocycles. The van der Waals surface area contributed by atoms with Crippen LogP contribution < -0.4 is 11.1 Å². The first-order valence-electron chi connectivity index (χ1n) is 6.97. The van der Waals surface area contributed by atoms with Gasteiger partial charge in [-0.2, -0.15) is 0 Å². The van der Waals surface area contributed by atoms with Crippen LogP contribution in [0.15, 0.2) is 0 Å². The van der Waals surface area contributed by atoms with Crippen molar-refractivity contribution in [1.29, 1.82) is 0 Å². The number of carbonyl (C=O) groups excluding carboxylic acids is 1. The average molecular weight is 305 g/mol. The van der Waals surface area contributed by atoms with Crippen LogP contribution in [0.25, 0.3) is 0 Å². The summed E-state index contributed by atoms with van der Waals surface area (Å²) in [5.41, 5.74) is 5.33. The highest BCUT2D eigenvalue weighted by Crippen LogP contribution is 2.04. The molecular weight excluding hydrogens is 282 g/mol. The molecule has 0 rings (SSSR count). The van der Waals surface area contributed by atoms with Crippen molar-refractivity contribution in [3.05, 3.63) is 10.1 Å². The minimum atomic E-state index is -1.06. The van der Waals surface area contributed by atoms with Crippen molar-refractivity contribution in [2.75, 3.05) is 13.2 Å². The minimum absolute atomic E-state index is 0.00542. The summed E-state index contributed by atoms with van der Waals surface area (Å²) in [6.07, 6.45) is 3.53. The molecule has 0 saturated heterocycles. The number of nitrogens with zero attached hydrogens (tertiary/aromatic N) is 1. The number of hydrogen-bond acceptors (Lipinski definition) is 6. The largest absolute Gasteiger partial charge is 0.480 e. The predicted octanol–water partition coefficient (Wildman–Crippen LogP) is 0.453. The van der Waals surface area contributed by atoms with Crippen LogP contribution in [0.4, 0.5) is 0 Å². The van der Waals surface area contributed by atoms with Crippen LogP contribution in [0.2, 0.25) is 0 Å². The molecule has 1 atom stereocenters. The summed E-state index contributed by atoms with van der Waals surface area (Å²) in [4.78, 5) is 36.6. The number of amides is 1. The summed E-state index contributed by atoms with van der Waals surface area (Å²) in [5, 5.41) is 20.5. The van der Waals surface area contributed by atoms with Crippen molar-refractivity contribution in [3.8, 4) is 0 Å². The van der Waals surface area contributed by atoms with Gasteiger partial charge in [0, 0.05) is 6.42 Å². The highest BCUT2D eigenvalue weighted by Gasteiger charge is 2.18. The summed E-state index contributed by atoms with van der Waals surface area (Å²) in [5.74, 6) is -1.38. The first kappa shape index (κ1) is 19.1. The molecule has 21 heavy (non-hydrogen) atoms. The van der Waals surface area contributed by atoms with E-state index in [1.165, 1.54) is 0 Å².